The zero-order chi connectivity index (χ0) is 21.0. The summed E-state index contributed by atoms with van der Waals surface area (Å²) < 4.78 is 11.3. The molecule has 2 aromatic heterocycles. The number of ether oxygens (including phenoxy) is 1. The molecule has 5 aromatic rings. The van der Waals surface area contributed by atoms with Crippen LogP contribution in [0.2, 0.25) is 0 Å². The van der Waals surface area contributed by atoms with Crippen molar-refractivity contribution in [3.8, 4) is 28.6 Å². The molecule has 152 valence electrons. The van der Waals surface area contributed by atoms with Crippen LogP contribution >= 0.6 is 0 Å². The van der Waals surface area contributed by atoms with Crippen LogP contribution in [0, 0.1) is 0 Å². The molecule has 0 aliphatic rings. The van der Waals surface area contributed by atoms with Gasteiger partial charge in [-0.2, -0.15) is 4.98 Å². The van der Waals surface area contributed by atoms with Gasteiger partial charge in [0.1, 0.15) is 5.75 Å². The number of anilines is 1. The predicted molar refractivity (Wildman–Crippen MR) is 121 cm³/mol. The lowest BCUT2D eigenvalue weighted by Crippen LogP contribution is -2.04. The molecular weight excluding hydrogens is 388 g/mol. The SMILES string of the molecule is COc1ccc(CNc2nc(-c3ccccc3)nc3nc(-c4ccccc4)oc23)cc1. The lowest BCUT2D eigenvalue weighted by Gasteiger charge is -2.08. The van der Waals surface area contributed by atoms with Crippen molar-refractivity contribution < 1.29 is 9.15 Å². The van der Waals surface area contributed by atoms with Crippen LogP contribution in [0.15, 0.2) is 89.3 Å². The van der Waals surface area contributed by atoms with Crippen molar-refractivity contribution in [1.82, 2.24) is 15.0 Å². The number of benzene rings is 3. The van der Waals surface area contributed by atoms with Gasteiger partial charge < -0.3 is 14.5 Å². The predicted octanol–water partition coefficient (Wildman–Crippen LogP) is 5.57. The molecule has 6 nitrogen and oxygen atoms in total. The van der Waals surface area contributed by atoms with Gasteiger partial charge in [0.25, 0.3) is 0 Å². The average molecular weight is 408 g/mol. The second kappa shape index (κ2) is 8.28. The third-order valence-electron chi connectivity index (χ3n) is 4.93. The van der Waals surface area contributed by atoms with E-state index in [2.05, 4.69) is 15.3 Å². The van der Waals surface area contributed by atoms with Crippen molar-refractivity contribution >= 4 is 17.0 Å². The minimum absolute atomic E-state index is 0.516. The summed E-state index contributed by atoms with van der Waals surface area (Å²) in [4.78, 5) is 14.0. The maximum Gasteiger partial charge on any atom is 0.229 e. The fraction of sp³-hybridized carbons (Fsp3) is 0.0800. The molecule has 0 fully saturated rings. The lowest BCUT2D eigenvalue weighted by atomic mass is 10.2. The van der Waals surface area contributed by atoms with Crippen LogP contribution in [-0.4, -0.2) is 22.1 Å². The van der Waals surface area contributed by atoms with E-state index >= 15 is 0 Å². The molecule has 0 atom stereocenters. The molecule has 2 heterocycles. The maximum atomic E-state index is 6.08. The molecule has 0 aliphatic heterocycles. The van der Waals surface area contributed by atoms with Crippen molar-refractivity contribution in [1.29, 1.82) is 0 Å². The van der Waals surface area contributed by atoms with E-state index in [0.717, 1.165) is 22.4 Å². The fourth-order valence-electron chi connectivity index (χ4n) is 3.29. The van der Waals surface area contributed by atoms with Gasteiger partial charge in [0.15, 0.2) is 11.6 Å². The molecule has 0 aliphatic carbocycles. The van der Waals surface area contributed by atoms with E-state index in [-0.39, 0.29) is 0 Å². The summed E-state index contributed by atoms with van der Waals surface area (Å²) in [7, 11) is 1.66. The van der Waals surface area contributed by atoms with Crippen LogP contribution in [0.25, 0.3) is 34.1 Å². The molecule has 0 bridgehead atoms. The largest absolute Gasteiger partial charge is 0.497 e. The van der Waals surface area contributed by atoms with Gasteiger partial charge in [0.2, 0.25) is 17.1 Å². The lowest BCUT2D eigenvalue weighted by molar-refractivity contribution is 0.414. The van der Waals surface area contributed by atoms with Gasteiger partial charge >= 0.3 is 0 Å². The van der Waals surface area contributed by atoms with E-state index in [0.29, 0.717) is 35.3 Å². The van der Waals surface area contributed by atoms with Crippen molar-refractivity contribution in [2.75, 3.05) is 12.4 Å². The minimum atomic E-state index is 0.516. The van der Waals surface area contributed by atoms with Crippen molar-refractivity contribution in [2.24, 2.45) is 0 Å². The first kappa shape index (κ1) is 18.8. The van der Waals surface area contributed by atoms with Gasteiger partial charge in [-0.15, -0.1) is 0 Å². The summed E-state index contributed by atoms with van der Waals surface area (Å²) in [5.74, 6) is 2.54. The second-order valence-corrected chi connectivity index (χ2v) is 7.00. The molecular formula is C25H20N4O2. The number of nitrogens with one attached hydrogen (secondary N) is 1. The molecule has 0 saturated carbocycles. The maximum absolute atomic E-state index is 6.08. The summed E-state index contributed by atoms with van der Waals surface area (Å²) in [6, 6.07) is 27.5. The molecule has 6 heteroatoms. The van der Waals surface area contributed by atoms with Gasteiger partial charge in [-0.1, -0.05) is 60.7 Å². The number of hydrogen-bond donors (Lipinski definition) is 1. The zero-order valence-electron chi connectivity index (χ0n) is 16.9. The van der Waals surface area contributed by atoms with Crippen LogP contribution in [0.1, 0.15) is 5.56 Å². The highest BCUT2D eigenvalue weighted by Crippen LogP contribution is 2.30. The number of rotatable bonds is 6. The van der Waals surface area contributed by atoms with Gasteiger partial charge in [-0.05, 0) is 29.8 Å². The third-order valence-corrected chi connectivity index (χ3v) is 4.93. The van der Waals surface area contributed by atoms with Gasteiger partial charge in [0.05, 0.1) is 7.11 Å². The van der Waals surface area contributed by atoms with Gasteiger partial charge in [-0.3, -0.25) is 0 Å². The highest BCUT2D eigenvalue weighted by molar-refractivity contribution is 5.84. The Balaban J connectivity index is 1.55. The Labute approximate surface area is 179 Å². The molecule has 31 heavy (non-hydrogen) atoms. The molecule has 3 aromatic carbocycles. The van der Waals surface area contributed by atoms with Crippen LogP contribution in [0.3, 0.4) is 0 Å². The first-order chi connectivity index (χ1) is 15.3. The highest BCUT2D eigenvalue weighted by atomic mass is 16.5. The summed E-state index contributed by atoms with van der Waals surface area (Å²) in [5.41, 5.74) is 3.96. The average Bonchev–Trinajstić information content (AvgIpc) is 3.28. The van der Waals surface area contributed by atoms with Gasteiger partial charge in [-0.25, -0.2) is 9.97 Å². The monoisotopic (exact) mass is 408 g/mol. The van der Waals surface area contributed by atoms with E-state index in [1.165, 1.54) is 0 Å². The Bertz CT molecular complexity index is 1300. The van der Waals surface area contributed by atoms with Crippen molar-refractivity contribution in [3.05, 3.63) is 90.5 Å². The second-order valence-electron chi connectivity index (χ2n) is 7.00. The number of aromatic nitrogens is 3. The number of oxazole rings is 1. The normalized spacial score (nSPS) is 10.9. The first-order valence-electron chi connectivity index (χ1n) is 9.96. The van der Waals surface area contributed by atoms with Crippen molar-refractivity contribution in [2.45, 2.75) is 6.54 Å². The number of fused-ring (bicyclic) bond motifs is 1. The van der Waals surface area contributed by atoms with Gasteiger partial charge in [0, 0.05) is 17.7 Å². The van der Waals surface area contributed by atoms with E-state index in [9.17, 15) is 0 Å². The van der Waals surface area contributed by atoms with E-state index in [4.69, 9.17) is 14.1 Å². The summed E-state index contributed by atoms with van der Waals surface area (Å²) >= 11 is 0. The van der Waals surface area contributed by atoms with E-state index < -0.39 is 0 Å². The molecule has 0 radical (unpaired) electrons. The molecule has 0 amide bonds. The Hall–Kier alpha value is -4.19. The molecule has 0 saturated heterocycles. The number of methoxy groups -OCH3 is 1. The summed E-state index contributed by atoms with van der Waals surface area (Å²) in [6.07, 6.45) is 0. The van der Waals surface area contributed by atoms with Crippen LogP contribution in [0.5, 0.6) is 5.75 Å². The van der Waals surface area contributed by atoms with Crippen LogP contribution in [-0.2, 0) is 6.54 Å². The van der Waals surface area contributed by atoms with E-state index in [1.807, 2.05) is 84.9 Å². The number of hydrogen-bond acceptors (Lipinski definition) is 6. The molecule has 5 rings (SSSR count). The number of nitrogens with zero attached hydrogens (tertiary/aromatic N) is 3. The highest BCUT2D eigenvalue weighted by Gasteiger charge is 2.17. The van der Waals surface area contributed by atoms with E-state index in [1.54, 1.807) is 7.11 Å². The standard InChI is InChI=1S/C25H20N4O2/c1-30-20-14-12-17(13-15-20)16-26-23-21-24(28-22(27-23)18-8-4-2-5-9-18)29-25(31-21)19-10-6-3-7-11-19/h2-15H,16H2,1H3,(H,26,27,28). The molecule has 1 N–H and O–H groups in total. The third kappa shape index (κ3) is 3.96. The Morgan fingerprint density at radius 1 is 0.774 bits per heavy atom. The molecule has 0 unspecified atom stereocenters. The Morgan fingerprint density at radius 3 is 2.13 bits per heavy atom. The Morgan fingerprint density at radius 2 is 1.45 bits per heavy atom. The van der Waals surface area contributed by atoms with Crippen molar-refractivity contribution in [3.63, 3.8) is 0 Å². The van der Waals surface area contributed by atoms with Crippen LogP contribution in [0.4, 0.5) is 5.82 Å². The van der Waals surface area contributed by atoms with Crippen LogP contribution < -0.4 is 10.1 Å². The fourth-order valence-corrected chi connectivity index (χ4v) is 3.29. The topological polar surface area (TPSA) is 73.1 Å². The Kier molecular flexibility index (Phi) is 5.02. The summed E-state index contributed by atoms with van der Waals surface area (Å²) in [6.45, 7) is 0.575. The smallest absolute Gasteiger partial charge is 0.229 e. The molecule has 0 spiro atoms. The minimum Gasteiger partial charge on any atom is -0.497 e. The zero-order valence-corrected chi connectivity index (χ0v) is 16.9. The quantitative estimate of drug-likeness (QED) is 0.396. The summed E-state index contributed by atoms with van der Waals surface area (Å²) in [5, 5.41) is 3.39. The first-order valence-corrected chi connectivity index (χ1v) is 9.96.